The van der Waals surface area contributed by atoms with Crippen LogP contribution >= 0.6 is 0 Å². The van der Waals surface area contributed by atoms with Crippen molar-refractivity contribution in [1.29, 1.82) is 0 Å². The van der Waals surface area contributed by atoms with Gasteiger partial charge in [0.15, 0.2) is 11.5 Å². The average molecular weight is 265 g/mol. The van der Waals surface area contributed by atoms with Crippen LogP contribution in [0.25, 0.3) is 0 Å². The molecule has 0 aromatic heterocycles. The third kappa shape index (κ3) is 3.39. The van der Waals surface area contributed by atoms with Crippen LogP contribution in [0.1, 0.15) is 50.7 Å². The van der Waals surface area contributed by atoms with Gasteiger partial charge in [0.2, 0.25) is 0 Å². The molecule has 2 rings (SSSR count). The quantitative estimate of drug-likeness (QED) is 0.617. The summed E-state index contributed by atoms with van der Waals surface area (Å²) < 4.78 is 0. The van der Waals surface area contributed by atoms with E-state index in [-0.39, 0.29) is 17.5 Å². The Morgan fingerprint density at radius 2 is 1.89 bits per heavy atom. The van der Waals surface area contributed by atoms with E-state index in [1.165, 1.54) is 37.8 Å². The Morgan fingerprint density at radius 3 is 2.47 bits per heavy atom. The molecule has 0 spiro atoms. The van der Waals surface area contributed by atoms with E-state index in [9.17, 15) is 15.3 Å². The number of nitrogens with one attached hydrogen (secondary N) is 1. The topological polar surface area (TPSA) is 72.7 Å². The van der Waals surface area contributed by atoms with Crippen LogP contribution < -0.4 is 5.32 Å². The van der Waals surface area contributed by atoms with E-state index in [2.05, 4.69) is 5.32 Å². The highest BCUT2D eigenvalue weighted by Crippen LogP contribution is 2.30. The van der Waals surface area contributed by atoms with E-state index in [0.29, 0.717) is 11.6 Å². The molecule has 0 aliphatic heterocycles. The first-order valence-corrected chi connectivity index (χ1v) is 7.07. The van der Waals surface area contributed by atoms with E-state index in [0.717, 1.165) is 6.42 Å². The second-order valence-corrected chi connectivity index (χ2v) is 5.36. The molecule has 1 aliphatic rings. The maximum Gasteiger partial charge on any atom is 0.157 e. The first-order chi connectivity index (χ1) is 9.11. The predicted octanol–water partition coefficient (Wildman–Crippen LogP) is 2.44. The van der Waals surface area contributed by atoms with E-state index in [1.54, 1.807) is 6.07 Å². The number of hydrogen-bond acceptors (Lipinski definition) is 4. The average Bonchev–Trinajstić information content (AvgIpc) is 2.91. The number of aromatic hydroxyl groups is 2. The van der Waals surface area contributed by atoms with Crippen LogP contribution in [0.15, 0.2) is 18.2 Å². The molecule has 0 bridgehead atoms. The fourth-order valence-electron chi connectivity index (χ4n) is 2.78. The lowest BCUT2D eigenvalue weighted by Gasteiger charge is -2.27. The Hall–Kier alpha value is -1.26. The van der Waals surface area contributed by atoms with E-state index in [1.807, 2.05) is 6.92 Å². The van der Waals surface area contributed by atoms with Crippen molar-refractivity contribution in [3.05, 3.63) is 23.8 Å². The Labute approximate surface area is 114 Å². The number of rotatable bonds is 5. The number of aliphatic hydroxyl groups is 1. The zero-order chi connectivity index (χ0) is 13.8. The van der Waals surface area contributed by atoms with Crippen LogP contribution in [0, 0.1) is 0 Å². The third-order valence-electron chi connectivity index (χ3n) is 3.97. The van der Waals surface area contributed by atoms with Crippen molar-refractivity contribution in [2.45, 2.75) is 57.2 Å². The molecule has 0 radical (unpaired) electrons. The second kappa shape index (κ2) is 6.26. The molecular formula is C15H23NO3. The van der Waals surface area contributed by atoms with Crippen LogP contribution in [0.5, 0.6) is 11.5 Å². The molecule has 4 nitrogen and oxygen atoms in total. The lowest BCUT2D eigenvalue weighted by molar-refractivity contribution is 0.119. The summed E-state index contributed by atoms with van der Waals surface area (Å²) in [5.41, 5.74) is 0.632. The fraction of sp³-hybridized carbons (Fsp3) is 0.600. The second-order valence-electron chi connectivity index (χ2n) is 5.36. The maximum absolute atomic E-state index is 10.4. The third-order valence-corrected chi connectivity index (χ3v) is 3.97. The summed E-state index contributed by atoms with van der Waals surface area (Å²) in [6.07, 6.45) is 5.00. The summed E-state index contributed by atoms with van der Waals surface area (Å²) in [4.78, 5) is 0. The van der Waals surface area contributed by atoms with Crippen LogP contribution in [0.3, 0.4) is 0 Å². The molecule has 2 atom stereocenters. The molecule has 1 aromatic carbocycles. The summed E-state index contributed by atoms with van der Waals surface area (Å²) >= 11 is 0. The minimum Gasteiger partial charge on any atom is -0.504 e. The zero-order valence-corrected chi connectivity index (χ0v) is 11.3. The summed E-state index contributed by atoms with van der Waals surface area (Å²) in [7, 11) is 0. The summed E-state index contributed by atoms with van der Waals surface area (Å²) in [6.45, 7) is 2.04. The maximum atomic E-state index is 10.4. The molecule has 0 saturated heterocycles. The van der Waals surface area contributed by atoms with Gasteiger partial charge in [-0.05, 0) is 37.0 Å². The van der Waals surface area contributed by atoms with Gasteiger partial charge in [-0.15, -0.1) is 0 Å². The minimum atomic E-state index is -0.669. The standard InChI is InChI=1S/C15H23NO3/c1-2-12(16-11-5-3-4-6-11)15(19)10-7-8-13(17)14(18)9-10/h7-9,11-12,15-19H,2-6H2,1H3. The molecular weight excluding hydrogens is 242 g/mol. The van der Waals surface area contributed by atoms with Gasteiger partial charge in [-0.2, -0.15) is 0 Å². The Bertz CT molecular complexity index is 416. The number of phenols is 2. The Balaban J connectivity index is 2.05. The summed E-state index contributed by atoms with van der Waals surface area (Å²) in [5, 5.41) is 32.7. The van der Waals surface area contributed by atoms with Gasteiger partial charge < -0.3 is 20.6 Å². The molecule has 4 N–H and O–H groups in total. The molecule has 1 aromatic rings. The molecule has 2 unspecified atom stereocenters. The van der Waals surface area contributed by atoms with Gasteiger partial charge in [0.1, 0.15) is 0 Å². The van der Waals surface area contributed by atoms with Crippen molar-refractivity contribution >= 4 is 0 Å². The normalized spacial score (nSPS) is 19.5. The van der Waals surface area contributed by atoms with Crippen molar-refractivity contribution in [2.75, 3.05) is 0 Å². The van der Waals surface area contributed by atoms with Crippen molar-refractivity contribution in [1.82, 2.24) is 5.32 Å². The molecule has 0 amide bonds. The molecule has 1 aliphatic carbocycles. The molecule has 106 valence electrons. The van der Waals surface area contributed by atoms with Gasteiger partial charge in [-0.3, -0.25) is 0 Å². The first-order valence-electron chi connectivity index (χ1n) is 7.07. The highest BCUT2D eigenvalue weighted by molar-refractivity contribution is 5.41. The van der Waals surface area contributed by atoms with E-state index >= 15 is 0 Å². The first kappa shape index (κ1) is 14.2. The van der Waals surface area contributed by atoms with Crippen molar-refractivity contribution in [2.24, 2.45) is 0 Å². The van der Waals surface area contributed by atoms with Gasteiger partial charge in [-0.1, -0.05) is 25.8 Å². The molecule has 1 fully saturated rings. The van der Waals surface area contributed by atoms with Gasteiger partial charge >= 0.3 is 0 Å². The van der Waals surface area contributed by atoms with E-state index in [4.69, 9.17) is 0 Å². The van der Waals surface area contributed by atoms with Crippen LogP contribution in [0.2, 0.25) is 0 Å². The lowest BCUT2D eigenvalue weighted by atomic mass is 9.98. The summed E-state index contributed by atoms with van der Waals surface area (Å²) in [6, 6.07) is 4.96. The minimum absolute atomic E-state index is 0.0213. The SMILES string of the molecule is CCC(NC1CCCC1)C(O)c1ccc(O)c(O)c1. The van der Waals surface area contributed by atoms with E-state index < -0.39 is 6.10 Å². The number of hydrogen-bond donors (Lipinski definition) is 4. The highest BCUT2D eigenvalue weighted by Gasteiger charge is 2.24. The number of phenolic OH excluding ortho intramolecular Hbond substituents is 2. The largest absolute Gasteiger partial charge is 0.504 e. The molecule has 0 heterocycles. The van der Waals surface area contributed by atoms with Crippen molar-refractivity contribution in [3.63, 3.8) is 0 Å². The van der Waals surface area contributed by atoms with Gasteiger partial charge in [0.25, 0.3) is 0 Å². The summed E-state index contributed by atoms with van der Waals surface area (Å²) in [5.74, 6) is -0.347. The lowest BCUT2D eigenvalue weighted by Crippen LogP contribution is -2.40. The van der Waals surface area contributed by atoms with Crippen LogP contribution in [-0.4, -0.2) is 27.4 Å². The predicted molar refractivity (Wildman–Crippen MR) is 74.2 cm³/mol. The Morgan fingerprint density at radius 1 is 1.21 bits per heavy atom. The number of aliphatic hydroxyl groups excluding tert-OH is 1. The van der Waals surface area contributed by atoms with Crippen LogP contribution in [-0.2, 0) is 0 Å². The van der Waals surface area contributed by atoms with Gasteiger partial charge in [-0.25, -0.2) is 0 Å². The van der Waals surface area contributed by atoms with Gasteiger partial charge in [0, 0.05) is 12.1 Å². The van der Waals surface area contributed by atoms with Gasteiger partial charge in [0.05, 0.1) is 6.10 Å². The fourth-order valence-corrected chi connectivity index (χ4v) is 2.78. The number of benzene rings is 1. The smallest absolute Gasteiger partial charge is 0.157 e. The molecule has 19 heavy (non-hydrogen) atoms. The van der Waals surface area contributed by atoms with Crippen LogP contribution in [0.4, 0.5) is 0 Å². The van der Waals surface area contributed by atoms with Crippen molar-refractivity contribution in [3.8, 4) is 11.5 Å². The monoisotopic (exact) mass is 265 g/mol. The molecule has 1 saturated carbocycles. The highest BCUT2D eigenvalue weighted by atomic mass is 16.3. The zero-order valence-electron chi connectivity index (χ0n) is 11.3. The Kier molecular flexibility index (Phi) is 4.66. The van der Waals surface area contributed by atoms with Crippen molar-refractivity contribution < 1.29 is 15.3 Å². The molecule has 4 heteroatoms.